The molecule has 23 heavy (non-hydrogen) atoms. The highest BCUT2D eigenvalue weighted by Crippen LogP contribution is 2.32. The summed E-state index contributed by atoms with van der Waals surface area (Å²) in [5, 5.41) is 3.54. The fourth-order valence-electron chi connectivity index (χ4n) is 2.57. The Balaban J connectivity index is 1.75. The molecule has 7 heteroatoms. The summed E-state index contributed by atoms with van der Waals surface area (Å²) >= 11 is 1.50. The molecule has 0 bridgehead atoms. The average molecular weight is 331 g/mol. The highest BCUT2D eigenvalue weighted by molar-refractivity contribution is 7.99. The average Bonchev–Trinajstić information content (AvgIpc) is 2.92. The van der Waals surface area contributed by atoms with Crippen LogP contribution in [-0.4, -0.2) is 28.3 Å². The van der Waals surface area contributed by atoms with E-state index in [1.54, 1.807) is 11.7 Å². The molecular formula is C16H17N3O3S. The third kappa shape index (κ3) is 3.24. The fraction of sp³-hybridized carbons (Fsp3) is 0.312. The van der Waals surface area contributed by atoms with Crippen LogP contribution in [0.3, 0.4) is 0 Å². The van der Waals surface area contributed by atoms with Crippen LogP contribution in [0.5, 0.6) is 5.75 Å². The first-order chi connectivity index (χ1) is 11.1. The third-order valence-corrected chi connectivity index (χ3v) is 4.78. The van der Waals surface area contributed by atoms with Crippen LogP contribution in [-0.2, 0) is 4.79 Å². The van der Waals surface area contributed by atoms with Crippen molar-refractivity contribution in [1.82, 2.24) is 9.55 Å². The molecule has 6 nitrogen and oxygen atoms in total. The summed E-state index contributed by atoms with van der Waals surface area (Å²) in [6, 6.07) is 6.85. The van der Waals surface area contributed by atoms with Crippen LogP contribution in [0.15, 0.2) is 40.4 Å². The molecule has 0 radical (unpaired) electrons. The van der Waals surface area contributed by atoms with Gasteiger partial charge in [0.2, 0.25) is 5.91 Å². The molecule has 1 aromatic heterocycles. The number of methoxy groups -OCH3 is 1. The molecule has 120 valence electrons. The van der Waals surface area contributed by atoms with E-state index < -0.39 is 0 Å². The zero-order chi connectivity index (χ0) is 16.4. The van der Waals surface area contributed by atoms with Crippen LogP contribution in [0.25, 0.3) is 0 Å². The molecular weight excluding hydrogens is 314 g/mol. The molecule has 0 saturated carbocycles. The molecule has 2 aromatic rings. The number of thioether (sulfide) groups is 1. The molecule has 1 N–H and O–H groups in total. The lowest BCUT2D eigenvalue weighted by molar-refractivity contribution is -0.116. The molecule has 1 aliphatic rings. The molecule has 3 rings (SSSR count). The van der Waals surface area contributed by atoms with Gasteiger partial charge < -0.3 is 10.1 Å². The van der Waals surface area contributed by atoms with Crippen LogP contribution >= 0.6 is 11.8 Å². The Hall–Kier alpha value is -2.28. The Labute approximate surface area is 137 Å². The zero-order valence-corrected chi connectivity index (χ0v) is 13.7. The molecule has 0 saturated heterocycles. The van der Waals surface area contributed by atoms with E-state index in [1.165, 1.54) is 24.0 Å². The van der Waals surface area contributed by atoms with Crippen molar-refractivity contribution >= 4 is 23.4 Å². The quantitative estimate of drug-likeness (QED) is 0.870. The van der Waals surface area contributed by atoms with E-state index >= 15 is 0 Å². The van der Waals surface area contributed by atoms with Crippen molar-refractivity contribution in [2.75, 3.05) is 18.2 Å². The van der Waals surface area contributed by atoms with Gasteiger partial charge in [0.15, 0.2) is 5.16 Å². The minimum atomic E-state index is -0.174. The lowest BCUT2D eigenvalue weighted by Crippen LogP contribution is -2.27. The summed E-state index contributed by atoms with van der Waals surface area (Å²) in [5.41, 5.74) is 1.55. The van der Waals surface area contributed by atoms with E-state index in [0.29, 0.717) is 22.3 Å². The summed E-state index contributed by atoms with van der Waals surface area (Å²) in [6.45, 7) is 1.95. The number of amides is 1. The van der Waals surface area contributed by atoms with Crippen molar-refractivity contribution in [2.24, 2.45) is 0 Å². The maximum Gasteiger partial charge on any atom is 0.254 e. The van der Waals surface area contributed by atoms with Crippen molar-refractivity contribution in [3.8, 4) is 5.75 Å². The molecule has 0 aliphatic carbocycles. The molecule has 0 spiro atoms. The van der Waals surface area contributed by atoms with E-state index in [0.717, 1.165) is 5.56 Å². The summed E-state index contributed by atoms with van der Waals surface area (Å²) in [6.07, 6.45) is 1.73. The smallest absolute Gasteiger partial charge is 0.254 e. The topological polar surface area (TPSA) is 73.2 Å². The second-order valence-electron chi connectivity index (χ2n) is 5.36. The molecule has 1 atom stereocenters. The lowest BCUT2D eigenvalue weighted by Gasteiger charge is -2.14. The van der Waals surface area contributed by atoms with Crippen molar-refractivity contribution < 1.29 is 9.53 Å². The number of carbonyl (C=O) groups is 1. The first-order valence-corrected chi connectivity index (χ1v) is 8.22. The second-order valence-corrected chi connectivity index (χ2v) is 6.34. The molecule has 1 amide bonds. The van der Waals surface area contributed by atoms with Gasteiger partial charge >= 0.3 is 0 Å². The van der Waals surface area contributed by atoms with E-state index in [4.69, 9.17) is 4.74 Å². The Bertz CT molecular complexity index is 803. The molecule has 2 heterocycles. The molecule has 1 unspecified atom stereocenters. The molecule has 0 fully saturated rings. The summed E-state index contributed by atoms with van der Waals surface area (Å²) in [5.74, 6) is 1.14. The Morgan fingerprint density at radius 3 is 3.09 bits per heavy atom. The van der Waals surface area contributed by atoms with Crippen molar-refractivity contribution in [2.45, 2.75) is 24.5 Å². The van der Waals surface area contributed by atoms with E-state index in [1.807, 2.05) is 25.1 Å². The third-order valence-electron chi connectivity index (χ3n) is 3.67. The maximum atomic E-state index is 12.4. The number of nitrogens with one attached hydrogen (secondary N) is 1. The van der Waals surface area contributed by atoms with Gasteiger partial charge in [-0.15, -0.1) is 0 Å². The predicted octanol–water partition coefficient (Wildman–Crippen LogP) is 2.24. The van der Waals surface area contributed by atoms with Gasteiger partial charge in [0.25, 0.3) is 5.56 Å². The minimum Gasteiger partial charge on any atom is -0.495 e. The van der Waals surface area contributed by atoms with Gasteiger partial charge in [0.05, 0.1) is 18.8 Å². The fourth-order valence-corrected chi connectivity index (χ4v) is 3.70. The Kier molecular flexibility index (Phi) is 4.38. The number of fused-ring (bicyclic) bond motifs is 1. The molecule has 1 aromatic carbocycles. The van der Waals surface area contributed by atoms with Crippen LogP contribution in [0, 0.1) is 6.92 Å². The predicted molar refractivity (Wildman–Crippen MR) is 89.2 cm³/mol. The number of aryl methyl sites for hydroxylation is 1. The lowest BCUT2D eigenvalue weighted by atomic mass is 10.2. The number of benzene rings is 1. The largest absolute Gasteiger partial charge is 0.495 e. The highest BCUT2D eigenvalue weighted by Gasteiger charge is 2.27. The maximum absolute atomic E-state index is 12.4. The number of nitrogens with zero attached hydrogens (tertiary/aromatic N) is 2. The van der Waals surface area contributed by atoms with Crippen molar-refractivity contribution in [3.63, 3.8) is 0 Å². The number of hydrogen-bond donors (Lipinski definition) is 1. The van der Waals surface area contributed by atoms with Gasteiger partial charge in [-0.1, -0.05) is 17.8 Å². The Morgan fingerprint density at radius 2 is 2.30 bits per heavy atom. The minimum absolute atomic E-state index is 0.120. The standard InChI is InChI=1S/C16H17N3O3S/c1-10-3-4-13(22-2)12(7-10)18-14(20)8-11-9-23-16-17-6-5-15(21)19(11)16/h3-7,11H,8-9H2,1-2H3,(H,18,20). The highest BCUT2D eigenvalue weighted by atomic mass is 32.2. The second kappa shape index (κ2) is 6.45. The number of carbonyl (C=O) groups excluding carboxylic acids is 1. The molecule has 1 aliphatic heterocycles. The van der Waals surface area contributed by atoms with Crippen molar-refractivity contribution in [3.05, 3.63) is 46.4 Å². The van der Waals surface area contributed by atoms with Gasteiger partial charge in [-0.2, -0.15) is 0 Å². The van der Waals surface area contributed by atoms with Gasteiger partial charge in [0, 0.05) is 24.4 Å². The van der Waals surface area contributed by atoms with Gasteiger partial charge in [-0.3, -0.25) is 14.2 Å². The van der Waals surface area contributed by atoms with E-state index in [-0.39, 0.29) is 23.9 Å². The number of aromatic nitrogens is 2. The number of ether oxygens (including phenoxy) is 1. The van der Waals surface area contributed by atoms with E-state index in [9.17, 15) is 9.59 Å². The van der Waals surface area contributed by atoms with Crippen LogP contribution < -0.4 is 15.6 Å². The monoisotopic (exact) mass is 331 g/mol. The summed E-state index contributed by atoms with van der Waals surface area (Å²) in [4.78, 5) is 28.5. The van der Waals surface area contributed by atoms with Gasteiger partial charge in [-0.25, -0.2) is 4.98 Å². The van der Waals surface area contributed by atoms with Crippen LogP contribution in [0.2, 0.25) is 0 Å². The summed E-state index contributed by atoms with van der Waals surface area (Å²) < 4.78 is 6.86. The Morgan fingerprint density at radius 1 is 1.48 bits per heavy atom. The SMILES string of the molecule is COc1ccc(C)cc1NC(=O)CC1CSc2nccc(=O)n21. The van der Waals surface area contributed by atoms with Gasteiger partial charge in [0.1, 0.15) is 5.75 Å². The van der Waals surface area contributed by atoms with Crippen molar-refractivity contribution in [1.29, 1.82) is 0 Å². The zero-order valence-electron chi connectivity index (χ0n) is 12.9. The van der Waals surface area contributed by atoms with Gasteiger partial charge in [-0.05, 0) is 24.6 Å². The number of anilines is 1. The first-order valence-electron chi connectivity index (χ1n) is 7.23. The van der Waals surface area contributed by atoms with Crippen LogP contribution in [0.4, 0.5) is 5.69 Å². The number of rotatable bonds is 4. The normalized spacial score (nSPS) is 16.0. The van der Waals surface area contributed by atoms with Crippen LogP contribution in [0.1, 0.15) is 18.0 Å². The first kappa shape index (κ1) is 15.6. The summed E-state index contributed by atoms with van der Waals surface area (Å²) in [7, 11) is 1.56. The van der Waals surface area contributed by atoms with E-state index in [2.05, 4.69) is 10.3 Å². The number of hydrogen-bond acceptors (Lipinski definition) is 5.